The van der Waals surface area contributed by atoms with Gasteiger partial charge in [-0.2, -0.15) is 5.10 Å². The van der Waals surface area contributed by atoms with Gasteiger partial charge in [-0.3, -0.25) is 5.43 Å². The van der Waals surface area contributed by atoms with Gasteiger partial charge in [-0.05, 0) is 46.1 Å². The molecule has 0 amide bonds. The largest absolute Gasteiger partial charge is 0.492 e. The zero-order valence-corrected chi connectivity index (χ0v) is 12.9. The minimum absolute atomic E-state index is 0.720. The van der Waals surface area contributed by atoms with Crippen LogP contribution in [0, 0.1) is 0 Å². The van der Waals surface area contributed by atoms with E-state index in [2.05, 4.69) is 38.4 Å². The zero-order valence-electron chi connectivity index (χ0n) is 10.5. The molecule has 19 heavy (non-hydrogen) atoms. The van der Waals surface area contributed by atoms with Crippen LogP contribution >= 0.6 is 27.3 Å². The van der Waals surface area contributed by atoms with Crippen LogP contribution in [0.15, 0.2) is 39.4 Å². The van der Waals surface area contributed by atoms with Crippen molar-refractivity contribution in [3.8, 4) is 5.75 Å². The van der Waals surface area contributed by atoms with Gasteiger partial charge in [0.25, 0.3) is 0 Å². The van der Waals surface area contributed by atoms with E-state index in [9.17, 15) is 0 Å². The summed E-state index contributed by atoms with van der Waals surface area (Å²) in [6.07, 6.45) is 4.47. The van der Waals surface area contributed by atoms with E-state index in [4.69, 9.17) is 4.74 Å². The highest BCUT2D eigenvalue weighted by Crippen LogP contribution is 2.25. The van der Waals surface area contributed by atoms with Crippen LogP contribution in [0.2, 0.25) is 0 Å². The Kier molecular flexibility index (Phi) is 5.35. The third-order valence-electron chi connectivity index (χ3n) is 2.22. The lowest BCUT2D eigenvalue weighted by Gasteiger charge is -2.07. The van der Waals surface area contributed by atoms with Crippen LogP contribution < -0.4 is 10.2 Å². The molecule has 1 N–H and O–H groups in total. The fourth-order valence-electron chi connectivity index (χ4n) is 1.37. The summed E-state index contributed by atoms with van der Waals surface area (Å²) < 4.78 is 6.52. The molecule has 0 bridgehead atoms. The highest BCUT2D eigenvalue weighted by Gasteiger charge is 2.01. The van der Waals surface area contributed by atoms with Gasteiger partial charge >= 0.3 is 0 Å². The number of nitrogens with one attached hydrogen (secondary N) is 1. The number of anilines is 1. The van der Waals surface area contributed by atoms with E-state index >= 15 is 0 Å². The number of hydrazone groups is 1. The SMILES string of the molecule is CCCOc1ccc(/C=N\Nc2nccs2)cc1Br. The fourth-order valence-corrected chi connectivity index (χ4v) is 2.36. The third-order valence-corrected chi connectivity index (χ3v) is 3.52. The number of benzene rings is 1. The molecule has 6 heteroatoms. The summed E-state index contributed by atoms with van der Waals surface area (Å²) in [5, 5.41) is 6.80. The molecule has 0 saturated heterocycles. The molecule has 100 valence electrons. The van der Waals surface area contributed by atoms with Crippen molar-refractivity contribution in [2.24, 2.45) is 5.10 Å². The number of rotatable bonds is 6. The molecule has 0 unspecified atom stereocenters. The Balaban J connectivity index is 1.97. The first-order valence-corrected chi connectivity index (χ1v) is 7.58. The Hall–Kier alpha value is -1.40. The minimum atomic E-state index is 0.720. The van der Waals surface area contributed by atoms with Crippen molar-refractivity contribution in [2.75, 3.05) is 12.0 Å². The summed E-state index contributed by atoms with van der Waals surface area (Å²) in [6, 6.07) is 5.87. The molecule has 0 fully saturated rings. The molecule has 0 spiro atoms. The second-order valence-corrected chi connectivity index (χ2v) is 5.49. The van der Waals surface area contributed by atoms with Crippen molar-refractivity contribution >= 4 is 38.6 Å². The van der Waals surface area contributed by atoms with Crippen molar-refractivity contribution in [2.45, 2.75) is 13.3 Å². The van der Waals surface area contributed by atoms with Gasteiger partial charge in [0, 0.05) is 11.6 Å². The first kappa shape index (κ1) is 14.0. The number of hydrogen-bond acceptors (Lipinski definition) is 5. The monoisotopic (exact) mass is 339 g/mol. The predicted octanol–water partition coefficient (Wildman–Crippen LogP) is 4.14. The summed E-state index contributed by atoms with van der Waals surface area (Å²) in [6.45, 7) is 2.80. The van der Waals surface area contributed by atoms with Crippen LogP contribution in [-0.2, 0) is 0 Å². The van der Waals surface area contributed by atoms with Gasteiger partial charge in [-0.25, -0.2) is 4.98 Å². The van der Waals surface area contributed by atoms with Crippen molar-refractivity contribution in [1.82, 2.24) is 4.98 Å². The summed E-state index contributed by atoms with van der Waals surface area (Å²) in [5.41, 5.74) is 3.86. The second-order valence-electron chi connectivity index (χ2n) is 3.75. The maximum absolute atomic E-state index is 5.59. The van der Waals surface area contributed by atoms with Crippen molar-refractivity contribution in [3.05, 3.63) is 39.8 Å². The van der Waals surface area contributed by atoms with E-state index in [0.717, 1.165) is 33.9 Å². The molecule has 0 aliphatic rings. The van der Waals surface area contributed by atoms with Gasteiger partial charge in [0.2, 0.25) is 5.13 Å². The second kappa shape index (κ2) is 7.25. The van der Waals surface area contributed by atoms with Gasteiger partial charge in [-0.1, -0.05) is 6.92 Å². The van der Waals surface area contributed by atoms with Crippen molar-refractivity contribution < 1.29 is 4.74 Å². The number of hydrogen-bond donors (Lipinski definition) is 1. The quantitative estimate of drug-likeness (QED) is 0.635. The zero-order chi connectivity index (χ0) is 13.5. The topological polar surface area (TPSA) is 46.5 Å². The van der Waals surface area contributed by atoms with Gasteiger partial charge in [-0.15, -0.1) is 11.3 Å². The average Bonchev–Trinajstić information content (AvgIpc) is 2.91. The standard InChI is InChI=1S/C13H14BrN3OS/c1-2-6-18-12-4-3-10(8-11(12)14)9-16-17-13-15-5-7-19-13/h3-5,7-9H,2,6H2,1H3,(H,15,17)/b16-9-. The van der Waals surface area contributed by atoms with Crippen LogP contribution in [0.3, 0.4) is 0 Å². The number of nitrogens with zero attached hydrogens (tertiary/aromatic N) is 2. The number of aromatic nitrogens is 1. The average molecular weight is 340 g/mol. The molecule has 0 aliphatic carbocycles. The van der Waals surface area contributed by atoms with Crippen LogP contribution in [0.1, 0.15) is 18.9 Å². The van der Waals surface area contributed by atoms with E-state index in [1.54, 1.807) is 12.4 Å². The Labute approximate surface area is 124 Å². The molecule has 2 aromatic rings. The van der Waals surface area contributed by atoms with Crippen molar-refractivity contribution in [3.63, 3.8) is 0 Å². The van der Waals surface area contributed by atoms with E-state index < -0.39 is 0 Å². The Morgan fingerprint density at radius 3 is 3.11 bits per heavy atom. The van der Waals surface area contributed by atoms with E-state index in [0.29, 0.717) is 0 Å². The Bertz CT molecular complexity index is 543. The lowest BCUT2D eigenvalue weighted by molar-refractivity contribution is 0.315. The molecule has 2 rings (SSSR count). The van der Waals surface area contributed by atoms with Gasteiger partial charge in [0.05, 0.1) is 17.3 Å². The minimum Gasteiger partial charge on any atom is -0.492 e. The smallest absolute Gasteiger partial charge is 0.203 e. The molecule has 4 nitrogen and oxygen atoms in total. The molecule has 0 atom stereocenters. The molecule has 1 aromatic heterocycles. The van der Waals surface area contributed by atoms with Gasteiger partial charge in [0.15, 0.2) is 0 Å². The van der Waals surface area contributed by atoms with Gasteiger partial charge in [0.1, 0.15) is 5.75 Å². The molecular formula is C13H14BrN3OS. The number of ether oxygens (including phenoxy) is 1. The summed E-state index contributed by atoms with van der Waals surface area (Å²) in [7, 11) is 0. The van der Waals surface area contributed by atoms with Gasteiger partial charge < -0.3 is 4.74 Å². The number of thiazole rings is 1. The van der Waals surface area contributed by atoms with Crippen LogP contribution in [0.25, 0.3) is 0 Å². The van der Waals surface area contributed by atoms with E-state index in [1.807, 2.05) is 23.6 Å². The number of halogens is 1. The third kappa shape index (κ3) is 4.33. The normalized spacial score (nSPS) is 10.8. The first-order valence-electron chi connectivity index (χ1n) is 5.90. The molecule has 0 saturated carbocycles. The lowest BCUT2D eigenvalue weighted by Crippen LogP contribution is -1.96. The molecule has 1 heterocycles. The lowest BCUT2D eigenvalue weighted by atomic mass is 10.2. The first-order chi connectivity index (χ1) is 9.29. The summed E-state index contributed by atoms with van der Waals surface area (Å²) in [5.74, 6) is 0.854. The Morgan fingerprint density at radius 1 is 1.53 bits per heavy atom. The van der Waals surface area contributed by atoms with E-state index in [1.165, 1.54) is 11.3 Å². The van der Waals surface area contributed by atoms with E-state index in [-0.39, 0.29) is 0 Å². The summed E-state index contributed by atoms with van der Waals surface area (Å²) in [4.78, 5) is 4.08. The summed E-state index contributed by atoms with van der Waals surface area (Å²) >= 11 is 5.00. The molecule has 0 radical (unpaired) electrons. The van der Waals surface area contributed by atoms with Crippen LogP contribution in [0.5, 0.6) is 5.75 Å². The fraction of sp³-hybridized carbons (Fsp3) is 0.231. The maximum Gasteiger partial charge on any atom is 0.203 e. The van der Waals surface area contributed by atoms with Crippen LogP contribution in [0.4, 0.5) is 5.13 Å². The van der Waals surface area contributed by atoms with Crippen LogP contribution in [-0.4, -0.2) is 17.8 Å². The van der Waals surface area contributed by atoms with Crippen molar-refractivity contribution in [1.29, 1.82) is 0 Å². The molecule has 1 aromatic carbocycles. The highest BCUT2D eigenvalue weighted by molar-refractivity contribution is 9.10. The molecular weight excluding hydrogens is 326 g/mol. The highest BCUT2D eigenvalue weighted by atomic mass is 79.9. The maximum atomic E-state index is 5.59. The predicted molar refractivity (Wildman–Crippen MR) is 83.3 cm³/mol. The molecule has 0 aliphatic heterocycles. The Morgan fingerprint density at radius 2 is 2.42 bits per heavy atom.